The number of hydrogen-bond donors (Lipinski definition) is 0. The molecular weight excluding hydrogens is 666 g/mol. The van der Waals surface area contributed by atoms with Gasteiger partial charge in [-0.25, -0.2) is 19.4 Å². The lowest BCUT2D eigenvalue weighted by molar-refractivity contribution is -0.166. The van der Waals surface area contributed by atoms with Crippen LogP contribution in [0, 0.1) is 0 Å². The number of fused-ring (bicyclic) bond motifs is 1. The predicted octanol–water partition coefficient (Wildman–Crippen LogP) is 4.14. The molecule has 0 unspecified atom stereocenters. The normalized spacial score (nSPS) is 19.3. The highest BCUT2D eigenvalue weighted by molar-refractivity contribution is 6.08. The van der Waals surface area contributed by atoms with E-state index in [2.05, 4.69) is 15.0 Å². The Morgan fingerprint density at radius 1 is 0.760 bits per heavy atom. The molecule has 1 aliphatic rings. The fourth-order valence-corrected chi connectivity index (χ4v) is 4.36. The number of imidazole rings is 1. The van der Waals surface area contributed by atoms with Crippen LogP contribution >= 0.6 is 0 Å². The van der Waals surface area contributed by atoms with E-state index in [0.717, 1.165) is 27.1 Å². The van der Waals surface area contributed by atoms with E-state index in [0.29, 0.717) is 4.90 Å². The summed E-state index contributed by atoms with van der Waals surface area (Å²) in [4.78, 5) is 89.0. The zero-order chi connectivity index (χ0) is 37.9. The van der Waals surface area contributed by atoms with Gasteiger partial charge in [0.25, 0.3) is 5.88 Å². The van der Waals surface area contributed by atoms with Crippen molar-refractivity contribution in [1.82, 2.24) is 19.5 Å². The third-order valence-corrected chi connectivity index (χ3v) is 5.91. The molecule has 19 nitrogen and oxygen atoms in total. The highest BCUT2D eigenvalue weighted by Gasteiger charge is 2.51. The summed E-state index contributed by atoms with van der Waals surface area (Å²) < 4.78 is 44.9. The van der Waals surface area contributed by atoms with Gasteiger partial charge < -0.3 is 37.9 Å². The van der Waals surface area contributed by atoms with Crippen LogP contribution in [-0.4, -0.2) is 97.5 Å². The SMILES string of the molecule is CC(=O)OC[C@H]1O[C@@H](n2cnc3c(OC(=O)OC(C)(C)C)nc(N(C(=O)OC(C)(C)C)C(=O)OC(C)(C)C)nc32)[C@H](OC(C)=O)[C@@H]1OC(C)=O. The lowest BCUT2D eigenvalue weighted by Gasteiger charge is -2.27. The molecule has 2 aromatic rings. The van der Waals surface area contributed by atoms with Crippen molar-refractivity contribution in [2.24, 2.45) is 0 Å². The second-order valence-corrected chi connectivity index (χ2v) is 14.0. The molecule has 50 heavy (non-hydrogen) atoms. The predicted molar refractivity (Wildman–Crippen MR) is 169 cm³/mol. The molecule has 1 aliphatic heterocycles. The third kappa shape index (κ3) is 10.7. The van der Waals surface area contributed by atoms with Crippen LogP contribution in [0.3, 0.4) is 0 Å². The summed E-state index contributed by atoms with van der Waals surface area (Å²) in [6.45, 7) is 17.1. The number of anilines is 1. The summed E-state index contributed by atoms with van der Waals surface area (Å²) in [5.74, 6) is -3.46. The van der Waals surface area contributed by atoms with Crippen LogP contribution in [-0.2, 0) is 47.5 Å². The van der Waals surface area contributed by atoms with E-state index in [1.165, 1.54) is 4.57 Å². The lowest BCUT2D eigenvalue weighted by atomic mass is 10.1. The zero-order valence-electron chi connectivity index (χ0n) is 30.0. The molecule has 0 radical (unpaired) electrons. The van der Waals surface area contributed by atoms with E-state index in [-0.39, 0.29) is 11.2 Å². The highest BCUT2D eigenvalue weighted by atomic mass is 16.7. The van der Waals surface area contributed by atoms with Gasteiger partial charge in [0.05, 0.1) is 6.33 Å². The Bertz CT molecular complexity index is 1610. The van der Waals surface area contributed by atoms with Gasteiger partial charge in [-0.15, -0.1) is 4.90 Å². The topological polar surface area (TPSA) is 223 Å². The standard InChI is InChI=1S/C31H43N5O14/c1-15(37)43-13-18-20(44-16(2)38)21(45-17(3)39)24(46-18)35-14-32-19-22(35)33-25(34-23(19)47-28(42)50-31(10,11)12)36(26(40)48-29(4,5)6)27(41)49-30(7,8)9/h14,18,20-21,24H,13H2,1-12H3/t18-,20-,21-,24-/m1/s1. The minimum absolute atomic E-state index is 0.203. The van der Waals surface area contributed by atoms with Crippen molar-refractivity contribution < 1.29 is 66.7 Å². The highest BCUT2D eigenvalue weighted by Crippen LogP contribution is 2.37. The zero-order valence-corrected chi connectivity index (χ0v) is 30.0. The quantitative estimate of drug-likeness (QED) is 0.291. The molecule has 0 spiro atoms. The van der Waals surface area contributed by atoms with E-state index >= 15 is 0 Å². The first-order valence-electron chi connectivity index (χ1n) is 15.4. The summed E-state index contributed by atoms with van der Waals surface area (Å²) in [6.07, 6.45) is -7.77. The van der Waals surface area contributed by atoms with E-state index in [1.807, 2.05) is 0 Å². The van der Waals surface area contributed by atoms with Gasteiger partial charge in [0.2, 0.25) is 5.95 Å². The Morgan fingerprint density at radius 3 is 1.76 bits per heavy atom. The molecule has 19 heteroatoms. The minimum Gasteiger partial charge on any atom is -0.463 e. The van der Waals surface area contributed by atoms with Crippen LogP contribution in [0.1, 0.15) is 89.3 Å². The maximum absolute atomic E-state index is 13.5. The molecule has 1 saturated heterocycles. The molecule has 0 bridgehead atoms. The summed E-state index contributed by atoms with van der Waals surface area (Å²) in [7, 11) is 0. The largest absolute Gasteiger partial charge is 0.515 e. The number of nitrogens with zero attached hydrogens (tertiary/aromatic N) is 5. The molecule has 3 rings (SSSR count). The fourth-order valence-electron chi connectivity index (χ4n) is 4.36. The number of ether oxygens (including phenoxy) is 8. The van der Waals surface area contributed by atoms with Crippen LogP contribution in [0.5, 0.6) is 5.88 Å². The van der Waals surface area contributed by atoms with Crippen LogP contribution in [0.25, 0.3) is 11.2 Å². The first-order valence-corrected chi connectivity index (χ1v) is 15.4. The number of rotatable bonds is 7. The first-order chi connectivity index (χ1) is 22.8. The molecular formula is C31H43N5O14. The Hall–Kier alpha value is -5.07. The second kappa shape index (κ2) is 14.8. The Labute approximate surface area is 287 Å². The molecule has 2 amide bonds. The van der Waals surface area contributed by atoms with Gasteiger partial charge in [-0.2, -0.15) is 9.97 Å². The van der Waals surface area contributed by atoms with E-state index in [1.54, 1.807) is 62.3 Å². The van der Waals surface area contributed by atoms with Gasteiger partial charge in [0, 0.05) is 20.8 Å². The molecule has 0 N–H and O–H groups in total. The van der Waals surface area contributed by atoms with Crippen molar-refractivity contribution in [3.63, 3.8) is 0 Å². The fraction of sp³-hybridized carbons (Fsp3) is 0.645. The van der Waals surface area contributed by atoms with Gasteiger partial charge in [0.1, 0.15) is 29.5 Å². The number of carbonyl (C=O) groups excluding carboxylic acids is 6. The summed E-state index contributed by atoms with van der Waals surface area (Å²) in [6, 6.07) is 0. The van der Waals surface area contributed by atoms with Crippen molar-refractivity contribution in [2.45, 2.75) is 124 Å². The monoisotopic (exact) mass is 709 g/mol. The number of hydrogen-bond acceptors (Lipinski definition) is 17. The van der Waals surface area contributed by atoms with Crippen molar-refractivity contribution in [1.29, 1.82) is 0 Å². The third-order valence-electron chi connectivity index (χ3n) is 5.91. The summed E-state index contributed by atoms with van der Waals surface area (Å²) in [5, 5.41) is 0. The van der Waals surface area contributed by atoms with Crippen LogP contribution in [0.4, 0.5) is 20.3 Å². The van der Waals surface area contributed by atoms with Crippen LogP contribution < -0.4 is 9.64 Å². The van der Waals surface area contributed by atoms with Gasteiger partial charge in [0.15, 0.2) is 29.6 Å². The van der Waals surface area contributed by atoms with E-state index < -0.39 is 96.0 Å². The molecule has 2 aromatic heterocycles. The van der Waals surface area contributed by atoms with Gasteiger partial charge in [-0.05, 0) is 62.3 Å². The number of amides is 2. The van der Waals surface area contributed by atoms with Gasteiger partial charge in [-0.3, -0.25) is 19.0 Å². The first kappa shape index (κ1) is 39.4. The van der Waals surface area contributed by atoms with Crippen molar-refractivity contribution >= 4 is 53.4 Å². The molecule has 276 valence electrons. The molecule has 4 atom stereocenters. The Kier molecular flexibility index (Phi) is 11.7. The minimum atomic E-state index is -1.39. The number of imide groups is 1. The number of aromatic nitrogens is 4. The van der Waals surface area contributed by atoms with Crippen LogP contribution in [0.15, 0.2) is 6.33 Å². The maximum Gasteiger partial charge on any atom is 0.515 e. The Balaban J connectivity index is 2.31. The number of carbonyl (C=O) groups is 6. The van der Waals surface area contributed by atoms with Crippen molar-refractivity contribution in [3.05, 3.63) is 6.33 Å². The number of esters is 3. The summed E-state index contributed by atoms with van der Waals surface area (Å²) >= 11 is 0. The molecule has 1 fully saturated rings. The average Bonchev–Trinajstić information content (AvgIpc) is 3.45. The van der Waals surface area contributed by atoms with E-state index in [4.69, 9.17) is 37.9 Å². The van der Waals surface area contributed by atoms with E-state index in [9.17, 15) is 28.8 Å². The van der Waals surface area contributed by atoms with Crippen molar-refractivity contribution in [3.8, 4) is 5.88 Å². The molecule has 0 saturated carbocycles. The molecule has 3 heterocycles. The average molecular weight is 710 g/mol. The summed E-state index contributed by atoms with van der Waals surface area (Å²) in [5.41, 5.74) is -3.64. The maximum atomic E-state index is 13.5. The lowest BCUT2D eigenvalue weighted by Crippen LogP contribution is -2.44. The Morgan fingerprint density at radius 2 is 1.28 bits per heavy atom. The van der Waals surface area contributed by atoms with Gasteiger partial charge in [-0.1, -0.05) is 0 Å². The molecule has 0 aromatic carbocycles. The molecule has 0 aliphatic carbocycles. The van der Waals surface area contributed by atoms with Crippen LogP contribution in [0.2, 0.25) is 0 Å². The smallest absolute Gasteiger partial charge is 0.463 e. The van der Waals surface area contributed by atoms with Gasteiger partial charge >= 0.3 is 36.2 Å². The second-order valence-electron chi connectivity index (χ2n) is 14.0. The van der Waals surface area contributed by atoms with Crippen molar-refractivity contribution in [2.75, 3.05) is 11.5 Å².